The summed E-state index contributed by atoms with van der Waals surface area (Å²) in [5.74, 6) is -3.49. The Morgan fingerprint density at radius 3 is 2.59 bits per heavy atom. The summed E-state index contributed by atoms with van der Waals surface area (Å²) in [6.07, 6.45) is 3.80. The van der Waals surface area contributed by atoms with Crippen LogP contribution in [-0.4, -0.2) is 30.6 Å². The second kappa shape index (κ2) is 7.90. The van der Waals surface area contributed by atoms with Gasteiger partial charge in [-0.2, -0.15) is 13.9 Å². The zero-order chi connectivity index (χ0) is 21.2. The van der Waals surface area contributed by atoms with Crippen molar-refractivity contribution >= 4 is 23.2 Å². The molecule has 0 spiro atoms. The zero-order valence-electron chi connectivity index (χ0n) is 16.5. The fraction of sp³-hybridized carbons (Fsp3) is 0.316. The number of hydrogen-bond donors (Lipinski definition) is 2. The van der Waals surface area contributed by atoms with E-state index in [1.807, 2.05) is 6.92 Å². The molecular weight excluding hydrogens is 380 g/mol. The van der Waals surface area contributed by atoms with Gasteiger partial charge in [0, 0.05) is 56.7 Å². The van der Waals surface area contributed by atoms with Gasteiger partial charge in [-0.1, -0.05) is 6.92 Å². The van der Waals surface area contributed by atoms with E-state index >= 15 is 0 Å². The van der Waals surface area contributed by atoms with E-state index in [-0.39, 0.29) is 11.7 Å². The SMILES string of the molecule is CCc1cc(Nc2cc(NC(C)=O)ncc2-c2ccn(C)n2)nc(C(C)(F)F)n1. The molecule has 0 atom stereocenters. The Morgan fingerprint density at radius 1 is 1.24 bits per heavy atom. The largest absolute Gasteiger partial charge is 0.339 e. The summed E-state index contributed by atoms with van der Waals surface area (Å²) in [5, 5.41) is 10.0. The molecule has 0 fully saturated rings. The Hall–Kier alpha value is -3.43. The summed E-state index contributed by atoms with van der Waals surface area (Å²) in [7, 11) is 1.78. The van der Waals surface area contributed by atoms with Gasteiger partial charge in [0.2, 0.25) is 11.7 Å². The summed E-state index contributed by atoms with van der Waals surface area (Å²) >= 11 is 0. The van der Waals surface area contributed by atoms with Gasteiger partial charge in [0.25, 0.3) is 0 Å². The topological polar surface area (TPSA) is 97.6 Å². The van der Waals surface area contributed by atoms with E-state index in [1.165, 1.54) is 6.92 Å². The van der Waals surface area contributed by atoms with Crippen LogP contribution in [0.3, 0.4) is 0 Å². The van der Waals surface area contributed by atoms with Gasteiger partial charge < -0.3 is 10.6 Å². The van der Waals surface area contributed by atoms with E-state index in [2.05, 4.69) is 30.7 Å². The molecule has 152 valence electrons. The highest BCUT2D eigenvalue weighted by molar-refractivity contribution is 5.89. The number of hydrogen-bond acceptors (Lipinski definition) is 6. The van der Waals surface area contributed by atoms with Crippen LogP contribution in [-0.2, 0) is 24.2 Å². The van der Waals surface area contributed by atoms with Crippen molar-refractivity contribution in [1.29, 1.82) is 0 Å². The van der Waals surface area contributed by atoms with E-state index in [9.17, 15) is 13.6 Å². The van der Waals surface area contributed by atoms with Gasteiger partial charge in [0.1, 0.15) is 11.6 Å². The number of halogens is 2. The molecule has 0 aliphatic heterocycles. The van der Waals surface area contributed by atoms with Crippen LogP contribution in [0.4, 0.5) is 26.1 Å². The van der Waals surface area contributed by atoms with E-state index in [4.69, 9.17) is 0 Å². The Balaban J connectivity index is 2.08. The number of carbonyl (C=O) groups is 1. The second-order valence-corrected chi connectivity index (χ2v) is 6.61. The number of carbonyl (C=O) groups excluding carboxylic acids is 1. The highest BCUT2D eigenvalue weighted by atomic mass is 19.3. The highest BCUT2D eigenvalue weighted by Gasteiger charge is 2.29. The van der Waals surface area contributed by atoms with Crippen LogP contribution in [0.2, 0.25) is 0 Å². The van der Waals surface area contributed by atoms with Gasteiger partial charge in [-0.25, -0.2) is 15.0 Å². The third-order valence-electron chi connectivity index (χ3n) is 3.99. The smallest absolute Gasteiger partial charge is 0.303 e. The van der Waals surface area contributed by atoms with Crippen molar-refractivity contribution in [2.45, 2.75) is 33.1 Å². The lowest BCUT2D eigenvalue weighted by Crippen LogP contribution is -2.15. The number of amides is 1. The molecule has 3 heterocycles. The van der Waals surface area contributed by atoms with E-state index in [1.54, 1.807) is 42.3 Å². The number of aromatic nitrogens is 5. The van der Waals surface area contributed by atoms with Crippen molar-refractivity contribution in [1.82, 2.24) is 24.7 Å². The van der Waals surface area contributed by atoms with Crippen molar-refractivity contribution < 1.29 is 13.6 Å². The first-order valence-corrected chi connectivity index (χ1v) is 8.96. The molecule has 0 saturated heterocycles. The third kappa shape index (κ3) is 4.89. The molecule has 0 aliphatic rings. The molecule has 1 amide bonds. The van der Waals surface area contributed by atoms with Crippen LogP contribution in [0.5, 0.6) is 0 Å². The summed E-state index contributed by atoms with van der Waals surface area (Å²) in [6.45, 7) is 3.95. The monoisotopic (exact) mass is 401 g/mol. The summed E-state index contributed by atoms with van der Waals surface area (Å²) in [4.78, 5) is 23.5. The number of alkyl halides is 2. The minimum atomic E-state index is -3.18. The average Bonchev–Trinajstić information content (AvgIpc) is 3.06. The van der Waals surface area contributed by atoms with Crippen molar-refractivity contribution in [3.63, 3.8) is 0 Å². The molecule has 0 radical (unpaired) electrons. The van der Waals surface area contributed by atoms with Crippen molar-refractivity contribution in [2.24, 2.45) is 7.05 Å². The second-order valence-electron chi connectivity index (χ2n) is 6.61. The lowest BCUT2D eigenvalue weighted by atomic mass is 10.1. The number of anilines is 3. The molecule has 0 saturated carbocycles. The number of nitrogens with zero attached hydrogens (tertiary/aromatic N) is 5. The maximum Gasteiger partial charge on any atom is 0.303 e. The van der Waals surface area contributed by atoms with Gasteiger partial charge in [-0.3, -0.25) is 9.48 Å². The van der Waals surface area contributed by atoms with Gasteiger partial charge in [-0.05, 0) is 12.5 Å². The van der Waals surface area contributed by atoms with E-state index in [0.29, 0.717) is 34.9 Å². The molecule has 0 aliphatic carbocycles. The lowest BCUT2D eigenvalue weighted by Gasteiger charge is -2.15. The van der Waals surface area contributed by atoms with Crippen molar-refractivity contribution in [3.8, 4) is 11.3 Å². The Labute approximate surface area is 166 Å². The van der Waals surface area contributed by atoms with E-state index < -0.39 is 11.7 Å². The van der Waals surface area contributed by atoms with Crippen molar-refractivity contribution in [2.75, 3.05) is 10.6 Å². The number of nitrogens with one attached hydrogen (secondary N) is 2. The van der Waals surface area contributed by atoms with Gasteiger partial charge in [0.05, 0.1) is 11.4 Å². The molecule has 3 aromatic heterocycles. The van der Waals surface area contributed by atoms with Crippen molar-refractivity contribution in [3.05, 3.63) is 42.1 Å². The predicted molar refractivity (Wildman–Crippen MR) is 105 cm³/mol. The van der Waals surface area contributed by atoms with Crippen LogP contribution in [0, 0.1) is 0 Å². The van der Waals surface area contributed by atoms with Crippen LogP contribution in [0.1, 0.15) is 32.3 Å². The fourth-order valence-electron chi connectivity index (χ4n) is 2.65. The summed E-state index contributed by atoms with van der Waals surface area (Å²) < 4.78 is 29.3. The first kappa shape index (κ1) is 20.3. The normalized spacial score (nSPS) is 11.4. The van der Waals surface area contributed by atoms with Gasteiger partial charge in [0.15, 0.2) is 0 Å². The van der Waals surface area contributed by atoms with Gasteiger partial charge in [-0.15, -0.1) is 0 Å². The molecule has 2 N–H and O–H groups in total. The quantitative estimate of drug-likeness (QED) is 0.654. The molecule has 0 aromatic carbocycles. The van der Waals surface area contributed by atoms with Gasteiger partial charge >= 0.3 is 5.92 Å². The molecule has 8 nitrogen and oxygen atoms in total. The molecule has 3 rings (SSSR count). The maximum absolute atomic E-state index is 13.8. The molecule has 0 unspecified atom stereocenters. The van der Waals surface area contributed by atoms with Crippen LogP contribution in [0.25, 0.3) is 11.3 Å². The molecule has 3 aromatic rings. The molecule has 0 bridgehead atoms. The van der Waals surface area contributed by atoms with Crippen LogP contribution in [0.15, 0.2) is 30.6 Å². The van der Waals surface area contributed by atoms with Crippen LogP contribution < -0.4 is 10.6 Å². The number of rotatable bonds is 6. The average molecular weight is 401 g/mol. The number of pyridine rings is 1. The Kier molecular flexibility index (Phi) is 5.53. The minimum Gasteiger partial charge on any atom is -0.339 e. The molecular formula is C19H21F2N7O. The zero-order valence-corrected chi connectivity index (χ0v) is 16.5. The minimum absolute atomic E-state index is 0.213. The maximum atomic E-state index is 13.8. The number of aryl methyl sites for hydroxylation is 2. The summed E-state index contributed by atoms with van der Waals surface area (Å²) in [6, 6.07) is 5.00. The lowest BCUT2D eigenvalue weighted by molar-refractivity contribution is -0.114. The third-order valence-corrected chi connectivity index (χ3v) is 3.99. The Bertz CT molecular complexity index is 1040. The highest BCUT2D eigenvalue weighted by Crippen LogP contribution is 2.31. The first-order valence-electron chi connectivity index (χ1n) is 8.96. The molecule has 10 heteroatoms. The molecule has 29 heavy (non-hydrogen) atoms. The van der Waals surface area contributed by atoms with Crippen LogP contribution >= 0.6 is 0 Å². The summed E-state index contributed by atoms with van der Waals surface area (Å²) in [5.41, 5.74) is 2.24. The standard InChI is InChI=1S/C19H21F2N7O/c1-5-12-8-17(26-18(24-12)19(3,20)21)25-15-9-16(23-11(2)29)22-10-13(15)14-6-7-28(4)27-14/h6-10H,5H2,1-4H3,(H2,22,23,24,25,26,29). The van der Waals surface area contributed by atoms with E-state index in [0.717, 1.165) is 6.92 Å². The predicted octanol–water partition coefficient (Wildman–Crippen LogP) is 3.65. The Morgan fingerprint density at radius 2 is 2.00 bits per heavy atom. The fourth-order valence-corrected chi connectivity index (χ4v) is 2.65. The first-order chi connectivity index (χ1) is 13.7.